The Morgan fingerprint density at radius 1 is 0.425 bits per heavy atom. The molecule has 0 saturated heterocycles. The molecule has 0 fully saturated rings. The fourth-order valence-corrected chi connectivity index (χ4v) is 14.4. The van der Waals surface area contributed by atoms with Crippen LogP contribution in [0.3, 0.4) is 0 Å². The Morgan fingerprint density at radius 3 is 0.874 bits per heavy atom. The molecule has 24 heteroatoms. The smallest absolute Gasteiger partial charge is 0.264 e. The number of amides is 3. The largest absolute Gasteiger partial charge is 0.496 e. The fourth-order valence-electron chi connectivity index (χ4n) is 13.3. The normalized spacial score (nSPS) is 16.6. The number of aromatic nitrogens is 3. The predicted octanol–water partition coefficient (Wildman–Crippen LogP) is 8.74. The molecule has 1 unspecified atom stereocenters. The molecular weight excluding hydrogens is 1180 g/mol. The van der Waals surface area contributed by atoms with Crippen LogP contribution in [-0.4, -0.2) is 171 Å². The number of carbonyl (C=O) groups is 3. The van der Waals surface area contributed by atoms with Gasteiger partial charge in [-0.3, -0.25) is 26.9 Å². The minimum Gasteiger partial charge on any atom is -0.496 e. The number of rotatable bonds is 24. The average Bonchev–Trinajstić information content (AvgIpc) is 1.66. The molecule has 9 rings (SSSR count). The number of benzene rings is 3. The highest BCUT2D eigenvalue weighted by Crippen LogP contribution is 2.47. The molecule has 0 radical (unpaired) electrons. The molecule has 0 saturated carbocycles. The van der Waals surface area contributed by atoms with E-state index in [1.807, 2.05) is 111 Å². The molecule has 21 nitrogen and oxygen atoms in total. The zero-order valence-corrected chi connectivity index (χ0v) is 55.3. The van der Waals surface area contributed by atoms with Crippen molar-refractivity contribution in [3.05, 3.63) is 88.4 Å². The number of fused-ring (bicyclic) bond motifs is 9. The Morgan fingerprint density at radius 2 is 0.667 bits per heavy atom. The Hall–Kier alpha value is -6.18. The van der Waals surface area contributed by atoms with Crippen molar-refractivity contribution >= 4 is 80.8 Å². The molecule has 87 heavy (non-hydrogen) atoms. The summed E-state index contributed by atoms with van der Waals surface area (Å²) in [5.74, 6) is 2.01. The Balaban J connectivity index is 0.000000186. The summed E-state index contributed by atoms with van der Waals surface area (Å²) in [6.45, 7) is 17.4. The number of nitrogens with zero attached hydrogens (tertiary/aromatic N) is 6. The SMILES string of the molecule is CCN(CC)C(=O)C1CCCc2c1c1c(OC)cccc1n2CCOS(C)(=O)=O.CCN(CC)C(=O)[C@@H]1CCCc2c1c1c(OC)cccc1n2CCOS(C)(=O)=O.CCN(CC)C(=O)[C@H]1CCCc2c1c1c(OC)cccc1n2CCOS(C)(=O)=O. The van der Waals surface area contributed by atoms with Crippen LogP contribution in [0, 0.1) is 0 Å². The highest BCUT2D eigenvalue weighted by Gasteiger charge is 2.38. The third-order valence-corrected chi connectivity index (χ3v) is 18.8. The van der Waals surface area contributed by atoms with E-state index in [2.05, 4.69) is 13.7 Å². The van der Waals surface area contributed by atoms with Crippen LogP contribution in [0.1, 0.15) is 132 Å². The molecule has 3 heterocycles. The lowest BCUT2D eigenvalue weighted by molar-refractivity contribution is -0.133. The van der Waals surface area contributed by atoms with E-state index in [1.165, 1.54) is 0 Å². The van der Waals surface area contributed by atoms with Crippen LogP contribution in [0.2, 0.25) is 0 Å². The van der Waals surface area contributed by atoms with E-state index >= 15 is 0 Å². The van der Waals surface area contributed by atoms with Gasteiger partial charge in [-0.05, 0) is 152 Å². The standard InChI is InChI=1S/3C21H30N2O5S/c3*1-5-22(6-2)21(24)15-9-7-10-16-19(15)20-17(11-8-12-18(20)27-3)23(16)13-14-28-29(4,25)26/h3*8,11-12,15H,5-7,9-10,13-14H2,1-4H3/t2*15-;/m10./s1. The van der Waals surface area contributed by atoms with E-state index in [9.17, 15) is 39.6 Å². The first kappa shape index (κ1) is 68.3. The van der Waals surface area contributed by atoms with E-state index in [0.717, 1.165) is 160 Å². The van der Waals surface area contributed by atoms with Gasteiger partial charge in [0.15, 0.2) is 0 Å². The van der Waals surface area contributed by atoms with Crippen molar-refractivity contribution in [3.63, 3.8) is 0 Å². The number of ether oxygens (including phenoxy) is 3. The Bertz CT molecular complexity index is 3360. The summed E-state index contributed by atoms with van der Waals surface area (Å²) in [5.41, 5.74) is 9.18. The van der Waals surface area contributed by atoms with Crippen LogP contribution in [0.25, 0.3) is 32.7 Å². The molecule has 3 aromatic heterocycles. The van der Waals surface area contributed by atoms with Gasteiger partial charge in [0.05, 0.1) is 94.2 Å². The molecule has 0 bridgehead atoms. The zero-order chi connectivity index (χ0) is 63.5. The topological polar surface area (TPSA) is 234 Å². The number of hydrogen-bond donors (Lipinski definition) is 0. The van der Waals surface area contributed by atoms with E-state index < -0.39 is 30.4 Å². The van der Waals surface area contributed by atoms with Crippen LogP contribution < -0.4 is 14.2 Å². The predicted molar refractivity (Wildman–Crippen MR) is 339 cm³/mol. The minimum atomic E-state index is -3.51. The van der Waals surface area contributed by atoms with Crippen LogP contribution in [0.15, 0.2) is 54.6 Å². The maximum atomic E-state index is 13.3. The summed E-state index contributed by atoms with van der Waals surface area (Å²) in [4.78, 5) is 45.5. The number of methoxy groups -OCH3 is 3. The van der Waals surface area contributed by atoms with E-state index in [1.54, 1.807) is 21.3 Å². The first-order valence-corrected chi connectivity index (χ1v) is 35.8. The summed E-state index contributed by atoms with van der Waals surface area (Å²) in [7, 11) is -5.61. The van der Waals surface area contributed by atoms with Gasteiger partial charge in [0.1, 0.15) is 17.2 Å². The van der Waals surface area contributed by atoms with Crippen LogP contribution >= 0.6 is 0 Å². The summed E-state index contributed by atoms with van der Waals surface area (Å²) < 4.78 is 107. The summed E-state index contributed by atoms with van der Waals surface area (Å²) in [6, 6.07) is 17.5. The first-order valence-electron chi connectivity index (χ1n) is 30.4. The lowest BCUT2D eigenvalue weighted by Crippen LogP contribution is -2.36. The molecule has 0 spiro atoms. The molecule has 3 aromatic carbocycles. The van der Waals surface area contributed by atoms with Crippen LogP contribution in [-0.2, 0) is 96.2 Å². The third kappa shape index (κ3) is 15.5. The number of hydrogen-bond acceptors (Lipinski definition) is 15. The zero-order valence-electron chi connectivity index (χ0n) is 52.8. The highest BCUT2D eigenvalue weighted by atomic mass is 32.2. The van der Waals surface area contributed by atoms with Crippen molar-refractivity contribution in [1.29, 1.82) is 0 Å². The van der Waals surface area contributed by atoms with Gasteiger partial charge in [-0.25, -0.2) is 0 Å². The van der Waals surface area contributed by atoms with Gasteiger partial charge >= 0.3 is 0 Å². The van der Waals surface area contributed by atoms with Gasteiger partial charge < -0.3 is 42.6 Å². The van der Waals surface area contributed by atoms with E-state index in [-0.39, 0.29) is 55.3 Å². The van der Waals surface area contributed by atoms with Gasteiger partial charge in [0.2, 0.25) is 17.7 Å². The van der Waals surface area contributed by atoms with Crippen molar-refractivity contribution in [3.8, 4) is 17.2 Å². The Labute approximate surface area is 514 Å². The van der Waals surface area contributed by atoms with E-state index in [4.69, 9.17) is 26.8 Å². The van der Waals surface area contributed by atoms with Crippen molar-refractivity contribution in [1.82, 2.24) is 28.4 Å². The van der Waals surface area contributed by atoms with Crippen molar-refractivity contribution in [2.24, 2.45) is 0 Å². The molecule has 0 N–H and O–H groups in total. The van der Waals surface area contributed by atoms with Crippen LogP contribution in [0.4, 0.5) is 0 Å². The number of likely N-dealkylation sites (N-methyl/N-ethyl adjacent to an activating group) is 3. The Kier molecular flexibility index (Phi) is 23.5. The highest BCUT2D eigenvalue weighted by molar-refractivity contribution is 7.86. The van der Waals surface area contributed by atoms with Crippen molar-refractivity contribution < 1.29 is 66.4 Å². The molecule has 3 atom stereocenters. The van der Waals surface area contributed by atoms with Gasteiger partial charge in [0.25, 0.3) is 30.4 Å². The molecule has 0 aliphatic heterocycles. The van der Waals surface area contributed by atoms with Crippen molar-refractivity contribution in [2.75, 3.05) is 99.2 Å². The van der Waals surface area contributed by atoms with E-state index in [0.29, 0.717) is 58.9 Å². The monoisotopic (exact) mass is 1270 g/mol. The quantitative estimate of drug-likeness (QED) is 0.0515. The second-order valence-electron chi connectivity index (χ2n) is 22.0. The van der Waals surface area contributed by atoms with Gasteiger partial charge in [-0.2, -0.15) is 25.3 Å². The molecule has 3 aliphatic carbocycles. The van der Waals surface area contributed by atoms with Gasteiger partial charge in [-0.15, -0.1) is 0 Å². The molecule has 6 aromatic rings. The summed E-state index contributed by atoms with van der Waals surface area (Å²) >= 11 is 0. The summed E-state index contributed by atoms with van der Waals surface area (Å²) in [6.07, 6.45) is 10.8. The minimum absolute atomic E-state index is 0.0565. The summed E-state index contributed by atoms with van der Waals surface area (Å²) in [5, 5.41) is 2.86. The van der Waals surface area contributed by atoms with Crippen LogP contribution in [0.5, 0.6) is 17.2 Å². The average molecular weight is 1270 g/mol. The number of carbonyl (C=O) groups excluding carboxylic acids is 3. The molecule has 480 valence electrons. The van der Waals surface area contributed by atoms with Gasteiger partial charge in [0, 0.05) is 92.1 Å². The molecular formula is C63H90N6O15S3. The maximum Gasteiger partial charge on any atom is 0.264 e. The second kappa shape index (κ2) is 29.9. The molecule has 3 aliphatic rings. The van der Waals surface area contributed by atoms with Gasteiger partial charge in [-0.1, -0.05) is 18.2 Å². The fraction of sp³-hybridized carbons (Fsp3) is 0.571. The third-order valence-electron chi connectivity index (χ3n) is 17.0. The second-order valence-corrected chi connectivity index (χ2v) is 27.0. The first-order chi connectivity index (χ1) is 41.5. The lowest BCUT2D eigenvalue weighted by atomic mass is 9.84. The maximum absolute atomic E-state index is 13.3. The lowest BCUT2D eigenvalue weighted by Gasteiger charge is -2.29. The molecule has 3 amide bonds. The van der Waals surface area contributed by atoms with Crippen molar-refractivity contribution in [2.45, 2.75) is 137 Å².